The third-order valence-electron chi connectivity index (χ3n) is 4.90. The van der Waals surface area contributed by atoms with Crippen molar-refractivity contribution >= 4 is 16.2 Å². The molecule has 3 nitrogen and oxygen atoms in total. The van der Waals surface area contributed by atoms with Crippen LogP contribution in [0.1, 0.15) is 41.2 Å². The summed E-state index contributed by atoms with van der Waals surface area (Å²) in [5.74, 6) is -2.54. The van der Waals surface area contributed by atoms with E-state index < -0.39 is 46.5 Å². The molecule has 0 aliphatic carbocycles. The molecular formula is C21H24F5NO2Si. The summed E-state index contributed by atoms with van der Waals surface area (Å²) in [7, 11) is 0.0329. The Morgan fingerprint density at radius 3 is 2.03 bits per heavy atom. The van der Waals surface area contributed by atoms with Gasteiger partial charge in [-0.1, -0.05) is 0 Å². The molecule has 2 aromatic carbocycles. The van der Waals surface area contributed by atoms with Crippen LogP contribution < -0.4 is 5.73 Å². The van der Waals surface area contributed by atoms with Crippen molar-refractivity contribution in [2.75, 3.05) is 6.61 Å². The maximum absolute atomic E-state index is 15.6. The van der Waals surface area contributed by atoms with Gasteiger partial charge in [-0.2, -0.15) is 13.2 Å². The molecule has 2 N–H and O–H groups in total. The molecule has 0 aliphatic heterocycles. The minimum atomic E-state index is -4.54. The van der Waals surface area contributed by atoms with Crippen LogP contribution in [-0.2, 0) is 20.9 Å². The van der Waals surface area contributed by atoms with Gasteiger partial charge >= 0.3 is 12.1 Å². The van der Waals surface area contributed by atoms with Gasteiger partial charge in [-0.25, -0.2) is 8.78 Å². The first-order chi connectivity index (χ1) is 13.7. The molecule has 164 valence electrons. The minimum Gasteiger partial charge on any atom is -0.466 e. The van der Waals surface area contributed by atoms with Crippen LogP contribution in [0.25, 0.3) is 11.1 Å². The van der Waals surface area contributed by atoms with Crippen molar-refractivity contribution in [3.63, 3.8) is 0 Å². The van der Waals surface area contributed by atoms with Gasteiger partial charge in [-0.05, 0) is 68.1 Å². The van der Waals surface area contributed by atoms with Crippen molar-refractivity contribution in [2.24, 2.45) is 5.73 Å². The fourth-order valence-electron chi connectivity index (χ4n) is 3.61. The van der Waals surface area contributed by atoms with E-state index in [1.165, 1.54) is 26.8 Å². The van der Waals surface area contributed by atoms with Crippen molar-refractivity contribution in [1.29, 1.82) is 0 Å². The first kappa shape index (κ1) is 24.0. The number of halogens is 5. The molecule has 1 atom stereocenters. The number of aryl methyl sites for hydroxylation is 3. The number of ether oxygens (including phenoxy) is 1. The molecule has 0 aromatic heterocycles. The fraction of sp³-hybridized carbons (Fsp3) is 0.381. The van der Waals surface area contributed by atoms with Gasteiger partial charge in [0.25, 0.3) is 0 Å². The van der Waals surface area contributed by atoms with Crippen LogP contribution in [0, 0.1) is 32.4 Å². The number of carbonyl (C=O) groups excluding carboxylic acids is 1. The molecular weight excluding hydrogens is 421 g/mol. The van der Waals surface area contributed by atoms with Gasteiger partial charge in [0, 0.05) is 26.5 Å². The lowest BCUT2D eigenvalue weighted by atomic mass is 9.88. The molecule has 0 aliphatic rings. The highest BCUT2D eigenvalue weighted by Gasteiger charge is 2.35. The first-order valence-electron chi connectivity index (χ1n) is 9.33. The number of alkyl halides is 3. The predicted octanol–water partition coefficient (Wildman–Crippen LogP) is 4.01. The molecule has 0 amide bonds. The number of esters is 1. The molecule has 0 saturated carbocycles. The molecule has 0 heterocycles. The Morgan fingerprint density at radius 1 is 1.03 bits per heavy atom. The summed E-state index contributed by atoms with van der Waals surface area (Å²) in [6, 6.07) is 3.10. The first-order valence-corrected chi connectivity index (χ1v) is 10.3. The van der Waals surface area contributed by atoms with Crippen LogP contribution in [0.15, 0.2) is 18.2 Å². The number of carbonyl (C=O) groups is 1. The standard InChI is InChI=1S/C21H24F5NO2Si/c1-5-29-15(28)9-20(27,30)17-18(22)12(4)8-14(19(17)23)16-10(2)6-13(7-11(16)3)21(24,25)26/h6-8H,5,9,27H2,1-4,30H3/t20-/m0/s1. The van der Waals surface area contributed by atoms with E-state index in [1.54, 1.807) is 6.92 Å². The molecule has 2 aromatic rings. The molecule has 0 radical (unpaired) electrons. The Morgan fingerprint density at radius 2 is 1.57 bits per heavy atom. The Bertz CT molecular complexity index is 963. The van der Waals surface area contributed by atoms with Gasteiger partial charge in [0.2, 0.25) is 0 Å². The number of rotatable bonds is 5. The highest BCUT2D eigenvalue weighted by molar-refractivity contribution is 6.17. The lowest BCUT2D eigenvalue weighted by Crippen LogP contribution is -2.42. The van der Waals surface area contributed by atoms with Crippen LogP contribution in [0.5, 0.6) is 0 Å². The summed E-state index contributed by atoms with van der Waals surface area (Å²) in [5, 5.41) is -1.59. The summed E-state index contributed by atoms with van der Waals surface area (Å²) in [4.78, 5) is 11.9. The maximum atomic E-state index is 15.6. The van der Waals surface area contributed by atoms with Gasteiger partial charge in [-0.3, -0.25) is 4.79 Å². The number of benzene rings is 2. The van der Waals surface area contributed by atoms with E-state index in [0.29, 0.717) is 0 Å². The molecule has 30 heavy (non-hydrogen) atoms. The zero-order valence-electron chi connectivity index (χ0n) is 17.4. The molecule has 0 saturated heterocycles. The average Bonchev–Trinajstić information content (AvgIpc) is 2.57. The molecule has 0 fully saturated rings. The van der Waals surface area contributed by atoms with Crippen molar-refractivity contribution in [2.45, 2.75) is 45.5 Å². The second kappa shape index (κ2) is 8.47. The topological polar surface area (TPSA) is 52.3 Å². The molecule has 2 rings (SSSR count). The molecule has 0 bridgehead atoms. The lowest BCUT2D eigenvalue weighted by molar-refractivity contribution is -0.144. The minimum absolute atomic E-state index is 0.0329. The van der Waals surface area contributed by atoms with Crippen molar-refractivity contribution in [3.05, 3.63) is 57.7 Å². The monoisotopic (exact) mass is 445 g/mol. The van der Waals surface area contributed by atoms with Crippen molar-refractivity contribution in [1.82, 2.24) is 0 Å². The second-order valence-corrected chi connectivity index (χ2v) is 9.41. The van der Waals surface area contributed by atoms with E-state index in [4.69, 9.17) is 10.5 Å². The lowest BCUT2D eigenvalue weighted by Gasteiger charge is -2.27. The third kappa shape index (κ3) is 4.72. The van der Waals surface area contributed by atoms with Gasteiger partial charge in [-0.15, -0.1) is 0 Å². The Kier molecular flexibility index (Phi) is 6.78. The average molecular weight is 446 g/mol. The van der Waals surface area contributed by atoms with Crippen LogP contribution in [0.3, 0.4) is 0 Å². The fourth-order valence-corrected chi connectivity index (χ4v) is 4.33. The Balaban J connectivity index is 2.72. The molecule has 0 unspecified atom stereocenters. The van der Waals surface area contributed by atoms with Crippen molar-refractivity contribution in [3.8, 4) is 11.1 Å². The van der Waals surface area contributed by atoms with Crippen molar-refractivity contribution < 1.29 is 31.5 Å². The van der Waals surface area contributed by atoms with E-state index in [2.05, 4.69) is 0 Å². The molecule has 9 heteroatoms. The van der Waals surface area contributed by atoms with Crippen LogP contribution in [0.4, 0.5) is 22.0 Å². The smallest absolute Gasteiger partial charge is 0.416 e. The Hall–Kier alpha value is -2.26. The van der Waals surface area contributed by atoms with Crippen LogP contribution in [-0.4, -0.2) is 22.8 Å². The van der Waals surface area contributed by atoms with Gasteiger partial charge in [0.15, 0.2) is 0 Å². The van der Waals surface area contributed by atoms with E-state index in [9.17, 15) is 22.4 Å². The van der Waals surface area contributed by atoms with Gasteiger partial charge in [0.1, 0.15) is 11.6 Å². The number of nitrogens with two attached hydrogens (primary N) is 1. The summed E-state index contributed by atoms with van der Waals surface area (Å²) in [6.45, 7) is 5.99. The second-order valence-electron chi connectivity index (χ2n) is 7.63. The Labute approximate surface area is 174 Å². The molecule has 0 spiro atoms. The van der Waals surface area contributed by atoms with Gasteiger partial charge in [0.05, 0.1) is 18.6 Å². The maximum Gasteiger partial charge on any atom is 0.416 e. The van der Waals surface area contributed by atoms with E-state index >= 15 is 4.39 Å². The SMILES string of the molecule is CCOC(=O)C[C@](N)([SiH3])c1c(F)c(C)cc(-c2c(C)cc(C(F)(F)F)cc2C)c1F. The normalized spacial score (nSPS) is 13.9. The quantitative estimate of drug-likeness (QED) is 0.430. The number of hydrogen-bond acceptors (Lipinski definition) is 3. The summed E-state index contributed by atoms with van der Waals surface area (Å²) >= 11 is 0. The van der Waals surface area contributed by atoms with Gasteiger partial charge < -0.3 is 10.5 Å². The van der Waals surface area contributed by atoms with E-state index in [-0.39, 0.29) is 44.7 Å². The van der Waals surface area contributed by atoms with Crippen LogP contribution >= 0.6 is 0 Å². The third-order valence-corrected chi connectivity index (χ3v) is 5.75. The van der Waals surface area contributed by atoms with E-state index in [0.717, 1.165) is 12.1 Å². The zero-order chi connectivity index (χ0) is 23.0. The summed E-state index contributed by atoms with van der Waals surface area (Å²) < 4.78 is 74.6. The number of hydrogen-bond donors (Lipinski definition) is 1. The largest absolute Gasteiger partial charge is 0.466 e. The summed E-state index contributed by atoms with van der Waals surface area (Å²) in [6.07, 6.45) is -4.95. The summed E-state index contributed by atoms with van der Waals surface area (Å²) in [5.41, 5.74) is 5.53. The highest BCUT2D eigenvalue weighted by Crippen LogP contribution is 2.39. The van der Waals surface area contributed by atoms with E-state index in [1.807, 2.05) is 0 Å². The zero-order valence-corrected chi connectivity index (χ0v) is 19.4. The van der Waals surface area contributed by atoms with Crippen LogP contribution in [0.2, 0.25) is 0 Å². The predicted molar refractivity (Wildman–Crippen MR) is 108 cm³/mol. The highest BCUT2D eigenvalue weighted by atomic mass is 28.1.